The Balaban J connectivity index is 1.12. The molecule has 0 saturated heterocycles. The molecule has 0 bridgehead atoms. The summed E-state index contributed by atoms with van der Waals surface area (Å²) in [6, 6.07) is 77.2. The Kier molecular flexibility index (Phi) is 7.55. The van der Waals surface area contributed by atoms with Crippen LogP contribution in [0.3, 0.4) is 0 Å². The Morgan fingerprint density at radius 1 is 0.245 bits per heavy atom. The highest BCUT2D eigenvalue weighted by Gasteiger charge is 2.19. The Morgan fingerprint density at radius 2 is 0.698 bits per heavy atom. The molecule has 1 heteroatoms. The van der Waals surface area contributed by atoms with E-state index < -0.39 is 0 Å². The van der Waals surface area contributed by atoms with E-state index in [0.29, 0.717) is 0 Å². The quantitative estimate of drug-likeness (QED) is 0.170. The van der Waals surface area contributed by atoms with E-state index in [2.05, 4.69) is 217 Å². The number of para-hydroxylation sites is 1. The maximum atomic E-state index is 2.39. The lowest BCUT2D eigenvalue weighted by Crippen LogP contribution is -2.10. The second-order valence-electron chi connectivity index (χ2n) is 13.7. The molecule has 0 heterocycles. The molecule has 1 nitrogen and oxygen atoms in total. The summed E-state index contributed by atoms with van der Waals surface area (Å²) < 4.78 is 0. The molecule has 0 aliphatic carbocycles. The van der Waals surface area contributed by atoms with Crippen molar-refractivity contribution in [2.75, 3.05) is 4.90 Å². The van der Waals surface area contributed by atoms with Crippen LogP contribution in [0.5, 0.6) is 0 Å². The Morgan fingerprint density at radius 3 is 1.36 bits per heavy atom. The molecule has 0 saturated carbocycles. The van der Waals surface area contributed by atoms with Crippen LogP contribution >= 0.6 is 0 Å². The predicted octanol–water partition coefficient (Wildman–Crippen LogP) is 14.8. The van der Waals surface area contributed by atoms with E-state index in [9.17, 15) is 0 Å². The molecule has 0 spiro atoms. The van der Waals surface area contributed by atoms with Gasteiger partial charge in [-0.3, -0.25) is 0 Å². The number of anilines is 3. The zero-order valence-corrected chi connectivity index (χ0v) is 29.2. The number of rotatable bonds is 6. The fourth-order valence-corrected chi connectivity index (χ4v) is 8.23. The normalized spacial score (nSPS) is 11.4. The van der Waals surface area contributed by atoms with Crippen LogP contribution in [0.25, 0.3) is 76.5 Å². The highest BCUT2D eigenvalue weighted by Crippen LogP contribution is 2.44. The van der Waals surface area contributed by atoms with Crippen molar-refractivity contribution in [1.82, 2.24) is 0 Å². The van der Waals surface area contributed by atoms with Crippen molar-refractivity contribution < 1.29 is 0 Å². The predicted molar refractivity (Wildman–Crippen MR) is 227 cm³/mol. The van der Waals surface area contributed by atoms with Gasteiger partial charge in [-0.05, 0) is 101 Å². The molecule has 0 aliphatic heterocycles. The molecule has 53 heavy (non-hydrogen) atoms. The molecular formula is C52H35N. The molecule has 10 rings (SSSR count). The summed E-state index contributed by atoms with van der Waals surface area (Å²) in [6.07, 6.45) is 0. The fraction of sp³-hybridized carbons (Fsp3) is 0. The maximum absolute atomic E-state index is 2.39. The van der Waals surface area contributed by atoms with Crippen LogP contribution in [-0.2, 0) is 0 Å². The summed E-state index contributed by atoms with van der Waals surface area (Å²) >= 11 is 0. The van der Waals surface area contributed by atoms with E-state index in [-0.39, 0.29) is 0 Å². The summed E-state index contributed by atoms with van der Waals surface area (Å²) in [6.45, 7) is 0. The molecule has 248 valence electrons. The number of hydrogen-bond acceptors (Lipinski definition) is 1. The van der Waals surface area contributed by atoms with Gasteiger partial charge in [0.15, 0.2) is 0 Å². The molecular weight excluding hydrogens is 639 g/mol. The van der Waals surface area contributed by atoms with Gasteiger partial charge >= 0.3 is 0 Å². The van der Waals surface area contributed by atoms with Crippen molar-refractivity contribution in [2.24, 2.45) is 0 Å². The first-order chi connectivity index (χ1) is 26.3. The van der Waals surface area contributed by atoms with Crippen LogP contribution in [-0.4, -0.2) is 0 Å². The molecule has 0 unspecified atom stereocenters. The smallest absolute Gasteiger partial charge is 0.0540 e. The minimum absolute atomic E-state index is 1.11. The van der Waals surface area contributed by atoms with E-state index in [4.69, 9.17) is 0 Å². The van der Waals surface area contributed by atoms with Gasteiger partial charge in [0.1, 0.15) is 0 Å². The van der Waals surface area contributed by atoms with E-state index in [0.717, 1.165) is 17.1 Å². The van der Waals surface area contributed by atoms with Crippen molar-refractivity contribution in [3.8, 4) is 33.4 Å². The van der Waals surface area contributed by atoms with Crippen LogP contribution in [0.1, 0.15) is 0 Å². The summed E-state index contributed by atoms with van der Waals surface area (Å²) in [4.78, 5) is 2.39. The molecule has 0 aliphatic rings. The van der Waals surface area contributed by atoms with E-state index in [1.807, 2.05) is 0 Å². The van der Waals surface area contributed by atoms with Gasteiger partial charge in [-0.1, -0.05) is 182 Å². The summed E-state index contributed by atoms with van der Waals surface area (Å²) in [7, 11) is 0. The van der Waals surface area contributed by atoms with Crippen LogP contribution < -0.4 is 4.90 Å². The van der Waals surface area contributed by atoms with Crippen molar-refractivity contribution in [3.05, 3.63) is 212 Å². The first-order valence-corrected chi connectivity index (χ1v) is 18.3. The molecule has 0 amide bonds. The largest absolute Gasteiger partial charge is 0.310 e. The average Bonchev–Trinajstić information content (AvgIpc) is 3.24. The van der Waals surface area contributed by atoms with E-state index in [1.54, 1.807) is 0 Å². The molecule has 0 aromatic heterocycles. The second kappa shape index (κ2) is 13.0. The van der Waals surface area contributed by atoms with Gasteiger partial charge in [0.25, 0.3) is 0 Å². The lowest BCUT2D eigenvalue weighted by Gasteiger charge is -2.28. The minimum atomic E-state index is 1.11. The van der Waals surface area contributed by atoms with E-state index in [1.165, 1.54) is 76.5 Å². The van der Waals surface area contributed by atoms with Crippen molar-refractivity contribution in [3.63, 3.8) is 0 Å². The molecule has 0 radical (unpaired) electrons. The number of hydrogen-bond donors (Lipinski definition) is 0. The lowest BCUT2D eigenvalue weighted by molar-refractivity contribution is 1.30. The third-order valence-corrected chi connectivity index (χ3v) is 10.7. The minimum Gasteiger partial charge on any atom is -0.310 e. The van der Waals surface area contributed by atoms with Crippen molar-refractivity contribution in [2.45, 2.75) is 0 Å². The zero-order valence-electron chi connectivity index (χ0n) is 29.2. The van der Waals surface area contributed by atoms with Crippen LogP contribution in [0.15, 0.2) is 212 Å². The summed E-state index contributed by atoms with van der Waals surface area (Å²) in [5.41, 5.74) is 10.8. The molecule has 0 fully saturated rings. The monoisotopic (exact) mass is 673 g/mol. The van der Waals surface area contributed by atoms with Gasteiger partial charge in [0.2, 0.25) is 0 Å². The maximum Gasteiger partial charge on any atom is 0.0540 e. The highest BCUT2D eigenvalue weighted by atomic mass is 15.1. The fourth-order valence-electron chi connectivity index (χ4n) is 8.23. The lowest BCUT2D eigenvalue weighted by atomic mass is 9.89. The van der Waals surface area contributed by atoms with Gasteiger partial charge in [0.05, 0.1) is 5.69 Å². The third-order valence-electron chi connectivity index (χ3n) is 10.7. The van der Waals surface area contributed by atoms with Crippen molar-refractivity contribution in [1.29, 1.82) is 0 Å². The number of nitrogens with zero attached hydrogens (tertiary/aromatic N) is 1. The van der Waals surface area contributed by atoms with Crippen LogP contribution in [0.2, 0.25) is 0 Å². The third kappa shape index (κ3) is 5.34. The Bertz CT molecular complexity index is 2930. The van der Waals surface area contributed by atoms with Gasteiger partial charge < -0.3 is 4.90 Å². The topological polar surface area (TPSA) is 3.24 Å². The van der Waals surface area contributed by atoms with Gasteiger partial charge in [-0.2, -0.15) is 0 Å². The van der Waals surface area contributed by atoms with Gasteiger partial charge in [-0.15, -0.1) is 0 Å². The first-order valence-electron chi connectivity index (χ1n) is 18.3. The van der Waals surface area contributed by atoms with Crippen molar-refractivity contribution >= 4 is 60.2 Å². The Labute approximate surface area is 309 Å². The SMILES string of the molecule is c1ccc(N(c2ccc(-c3cccc4cccc(-c5cccc6ccccc56)c34)cc2)c2ccc(-c3cccc4ccccc34)c3ccccc23)cc1. The first kappa shape index (κ1) is 30.8. The highest BCUT2D eigenvalue weighted by molar-refractivity contribution is 6.12. The standard InChI is InChI=1S/C52H35N/c1-2-20-40(21-3-1)53(51-35-34-48(47-24-8-9-25-49(47)51)45-27-10-16-36-14-4-6-22-42(36)45)41-32-30-38(31-33-41)44-26-12-18-39-19-13-29-50(52(39)44)46-28-11-17-37-15-5-7-23-43(37)46/h1-35H. The van der Waals surface area contributed by atoms with E-state index >= 15 is 0 Å². The molecule has 10 aromatic rings. The van der Waals surface area contributed by atoms with Gasteiger partial charge in [0, 0.05) is 16.8 Å². The average molecular weight is 674 g/mol. The molecule has 0 atom stereocenters. The summed E-state index contributed by atoms with van der Waals surface area (Å²) in [5, 5.41) is 9.98. The number of benzene rings is 10. The zero-order chi connectivity index (χ0) is 35.1. The molecule has 0 N–H and O–H groups in total. The Hall–Kier alpha value is -6.96. The van der Waals surface area contributed by atoms with Crippen LogP contribution in [0.4, 0.5) is 17.1 Å². The van der Waals surface area contributed by atoms with Crippen LogP contribution in [0, 0.1) is 0 Å². The number of fused-ring (bicyclic) bond motifs is 4. The summed E-state index contributed by atoms with van der Waals surface area (Å²) in [5.74, 6) is 0. The van der Waals surface area contributed by atoms with Gasteiger partial charge in [-0.25, -0.2) is 0 Å². The second-order valence-corrected chi connectivity index (χ2v) is 13.7. The molecule has 10 aromatic carbocycles.